The van der Waals surface area contributed by atoms with Crippen molar-refractivity contribution in [3.8, 4) is 17.3 Å². The standard InChI is InChI=1S/C20H13ClO4/c21-14-5-3-13(4-6-14)12-24-15-7-8-18-16(10-15)17(22)11-20(25-18)19-2-1-9-23-19/h1-11H,12H2. The second kappa shape index (κ2) is 6.49. The topological polar surface area (TPSA) is 52.6 Å². The summed E-state index contributed by atoms with van der Waals surface area (Å²) in [6, 6.07) is 17.5. The van der Waals surface area contributed by atoms with Gasteiger partial charge in [-0.1, -0.05) is 23.7 Å². The SMILES string of the molecule is O=c1cc(-c2ccco2)oc2ccc(OCc3ccc(Cl)cc3)cc12. The third kappa shape index (κ3) is 3.30. The van der Waals surface area contributed by atoms with Crippen LogP contribution >= 0.6 is 11.6 Å². The van der Waals surface area contributed by atoms with Crippen molar-refractivity contribution in [1.82, 2.24) is 0 Å². The molecule has 5 heteroatoms. The van der Waals surface area contributed by atoms with Crippen molar-refractivity contribution in [2.45, 2.75) is 6.61 Å². The van der Waals surface area contributed by atoms with Crippen molar-refractivity contribution in [3.05, 3.63) is 87.7 Å². The summed E-state index contributed by atoms with van der Waals surface area (Å²) in [6.07, 6.45) is 1.53. The molecule has 2 heterocycles. The molecular weight excluding hydrogens is 340 g/mol. The molecule has 0 fully saturated rings. The average Bonchev–Trinajstić information content (AvgIpc) is 3.16. The van der Waals surface area contributed by atoms with Gasteiger partial charge in [-0.15, -0.1) is 0 Å². The van der Waals surface area contributed by atoms with Crippen molar-refractivity contribution in [2.24, 2.45) is 0 Å². The Morgan fingerprint density at radius 3 is 2.56 bits per heavy atom. The zero-order valence-electron chi connectivity index (χ0n) is 13.1. The van der Waals surface area contributed by atoms with E-state index < -0.39 is 0 Å². The third-order valence-corrected chi connectivity index (χ3v) is 4.03. The number of halogens is 1. The van der Waals surface area contributed by atoms with Gasteiger partial charge in [0.05, 0.1) is 11.6 Å². The quantitative estimate of drug-likeness (QED) is 0.501. The van der Waals surface area contributed by atoms with E-state index in [-0.39, 0.29) is 5.43 Å². The molecule has 0 N–H and O–H groups in total. The van der Waals surface area contributed by atoms with Crippen molar-refractivity contribution in [3.63, 3.8) is 0 Å². The van der Waals surface area contributed by atoms with Crippen molar-refractivity contribution in [1.29, 1.82) is 0 Å². The molecule has 0 aliphatic rings. The van der Waals surface area contributed by atoms with Crippen LogP contribution in [0.25, 0.3) is 22.5 Å². The van der Waals surface area contributed by atoms with Crippen LogP contribution in [-0.2, 0) is 6.61 Å². The van der Waals surface area contributed by atoms with E-state index >= 15 is 0 Å². The maximum atomic E-state index is 12.4. The van der Waals surface area contributed by atoms with E-state index in [0.29, 0.717) is 39.9 Å². The molecule has 0 saturated carbocycles. The average molecular weight is 353 g/mol. The summed E-state index contributed by atoms with van der Waals surface area (Å²) in [5, 5.41) is 1.14. The first kappa shape index (κ1) is 15.5. The molecule has 4 rings (SSSR count). The first-order chi connectivity index (χ1) is 12.2. The second-order valence-corrected chi connectivity index (χ2v) is 5.96. The van der Waals surface area contributed by atoms with Gasteiger partial charge in [-0.05, 0) is 48.0 Å². The third-order valence-electron chi connectivity index (χ3n) is 3.78. The van der Waals surface area contributed by atoms with Gasteiger partial charge < -0.3 is 13.6 Å². The molecule has 2 aromatic heterocycles. The molecule has 0 unspecified atom stereocenters. The number of ether oxygens (including phenoxy) is 1. The van der Waals surface area contributed by atoms with Crippen LogP contribution < -0.4 is 10.2 Å². The highest BCUT2D eigenvalue weighted by Gasteiger charge is 2.10. The Kier molecular flexibility index (Phi) is 4.04. The van der Waals surface area contributed by atoms with Crippen LogP contribution in [0.3, 0.4) is 0 Å². The van der Waals surface area contributed by atoms with E-state index in [1.807, 2.05) is 24.3 Å². The Labute approximate surface area is 148 Å². The van der Waals surface area contributed by atoms with E-state index in [2.05, 4.69) is 0 Å². The van der Waals surface area contributed by atoms with Gasteiger partial charge >= 0.3 is 0 Å². The number of hydrogen-bond acceptors (Lipinski definition) is 4. The summed E-state index contributed by atoms with van der Waals surface area (Å²) in [5.41, 5.74) is 1.33. The molecule has 4 nitrogen and oxygen atoms in total. The molecule has 2 aromatic carbocycles. The first-order valence-electron chi connectivity index (χ1n) is 7.68. The number of hydrogen-bond donors (Lipinski definition) is 0. The maximum absolute atomic E-state index is 12.4. The van der Waals surface area contributed by atoms with Crippen LogP contribution in [0.15, 0.2) is 80.6 Å². The number of benzene rings is 2. The van der Waals surface area contributed by atoms with Crippen molar-refractivity contribution >= 4 is 22.6 Å². The Hall–Kier alpha value is -2.98. The summed E-state index contributed by atoms with van der Waals surface area (Å²) < 4.78 is 16.8. The van der Waals surface area contributed by atoms with Crippen LogP contribution in [-0.4, -0.2) is 0 Å². The second-order valence-electron chi connectivity index (χ2n) is 5.53. The summed E-state index contributed by atoms with van der Waals surface area (Å²) in [6.45, 7) is 0.387. The molecule has 0 amide bonds. The predicted octanol–water partition coefficient (Wildman–Crippen LogP) is 5.29. The summed E-state index contributed by atoms with van der Waals surface area (Å²) in [4.78, 5) is 12.4. The minimum atomic E-state index is -0.149. The molecule has 0 atom stereocenters. The fourth-order valence-electron chi connectivity index (χ4n) is 2.51. The zero-order valence-corrected chi connectivity index (χ0v) is 13.8. The van der Waals surface area contributed by atoms with Crippen LogP contribution in [0.2, 0.25) is 5.02 Å². The molecule has 0 aliphatic carbocycles. The highest BCUT2D eigenvalue weighted by atomic mass is 35.5. The van der Waals surface area contributed by atoms with Gasteiger partial charge in [-0.2, -0.15) is 0 Å². The predicted molar refractivity (Wildman–Crippen MR) is 96.0 cm³/mol. The molecule has 4 aromatic rings. The smallest absolute Gasteiger partial charge is 0.193 e. The summed E-state index contributed by atoms with van der Waals surface area (Å²) in [7, 11) is 0. The maximum Gasteiger partial charge on any atom is 0.193 e. The molecule has 0 spiro atoms. The van der Waals surface area contributed by atoms with Crippen LogP contribution in [0.1, 0.15) is 5.56 Å². The lowest BCUT2D eigenvalue weighted by molar-refractivity contribution is 0.306. The number of fused-ring (bicyclic) bond motifs is 1. The lowest BCUT2D eigenvalue weighted by atomic mass is 10.2. The van der Waals surface area contributed by atoms with Gasteiger partial charge in [-0.3, -0.25) is 4.79 Å². The summed E-state index contributed by atoms with van der Waals surface area (Å²) >= 11 is 5.87. The number of rotatable bonds is 4. The Morgan fingerprint density at radius 1 is 0.960 bits per heavy atom. The lowest BCUT2D eigenvalue weighted by Crippen LogP contribution is -2.01. The molecule has 0 saturated heterocycles. The van der Waals surface area contributed by atoms with E-state index in [1.54, 1.807) is 30.3 Å². The summed E-state index contributed by atoms with van der Waals surface area (Å²) in [5.74, 6) is 1.51. The molecule has 25 heavy (non-hydrogen) atoms. The minimum Gasteiger partial charge on any atom is -0.489 e. The van der Waals surface area contributed by atoms with Crippen LogP contribution in [0, 0.1) is 0 Å². The Morgan fingerprint density at radius 2 is 1.80 bits per heavy atom. The Balaban J connectivity index is 1.62. The van der Waals surface area contributed by atoms with Gasteiger partial charge in [-0.25, -0.2) is 0 Å². The van der Waals surface area contributed by atoms with Gasteiger partial charge in [0, 0.05) is 11.1 Å². The molecule has 0 radical (unpaired) electrons. The largest absolute Gasteiger partial charge is 0.489 e. The van der Waals surface area contributed by atoms with Gasteiger partial charge in [0.2, 0.25) is 0 Å². The first-order valence-corrected chi connectivity index (χ1v) is 8.06. The van der Waals surface area contributed by atoms with Crippen LogP contribution in [0.5, 0.6) is 5.75 Å². The fraction of sp³-hybridized carbons (Fsp3) is 0.0500. The number of furan rings is 1. The zero-order chi connectivity index (χ0) is 17.2. The van der Waals surface area contributed by atoms with E-state index in [9.17, 15) is 4.79 Å². The van der Waals surface area contributed by atoms with Crippen LogP contribution in [0.4, 0.5) is 0 Å². The van der Waals surface area contributed by atoms with Gasteiger partial charge in [0.15, 0.2) is 16.9 Å². The monoisotopic (exact) mass is 352 g/mol. The van der Waals surface area contributed by atoms with E-state index in [1.165, 1.54) is 12.3 Å². The van der Waals surface area contributed by atoms with E-state index in [4.69, 9.17) is 25.2 Å². The van der Waals surface area contributed by atoms with E-state index in [0.717, 1.165) is 5.56 Å². The normalized spacial score (nSPS) is 10.9. The minimum absolute atomic E-state index is 0.149. The fourth-order valence-corrected chi connectivity index (χ4v) is 2.64. The van der Waals surface area contributed by atoms with Gasteiger partial charge in [0.25, 0.3) is 0 Å². The molecular formula is C20H13ClO4. The highest BCUT2D eigenvalue weighted by molar-refractivity contribution is 6.30. The lowest BCUT2D eigenvalue weighted by Gasteiger charge is -2.07. The van der Waals surface area contributed by atoms with Crippen molar-refractivity contribution < 1.29 is 13.6 Å². The molecule has 124 valence electrons. The van der Waals surface area contributed by atoms with Gasteiger partial charge in [0.1, 0.15) is 17.9 Å². The molecule has 0 bridgehead atoms. The molecule has 0 aliphatic heterocycles. The Bertz CT molecular complexity index is 1060. The van der Waals surface area contributed by atoms with Crippen molar-refractivity contribution in [2.75, 3.05) is 0 Å². The highest BCUT2D eigenvalue weighted by Crippen LogP contribution is 2.25.